The summed E-state index contributed by atoms with van der Waals surface area (Å²) in [6.07, 6.45) is 3.62. The van der Waals surface area contributed by atoms with Gasteiger partial charge in [0.15, 0.2) is 0 Å². The smallest absolute Gasteiger partial charge is 0.254 e. The summed E-state index contributed by atoms with van der Waals surface area (Å²) >= 11 is 11.9. The molecule has 4 nitrogen and oxygen atoms in total. The molecule has 1 N–H and O–H groups in total. The second kappa shape index (κ2) is 5.85. The molecular formula is C15H16Cl2N2O2. The fraction of sp³-hybridized carbons (Fsp3) is 0.467. The Bertz CT molecular complexity index is 567. The van der Waals surface area contributed by atoms with Crippen LogP contribution in [-0.2, 0) is 4.79 Å². The Morgan fingerprint density at radius 1 is 1.10 bits per heavy atom. The number of benzene rings is 1. The van der Waals surface area contributed by atoms with Crippen molar-refractivity contribution in [3.05, 3.63) is 33.8 Å². The van der Waals surface area contributed by atoms with E-state index in [9.17, 15) is 9.59 Å². The van der Waals surface area contributed by atoms with Crippen LogP contribution in [0.4, 0.5) is 0 Å². The van der Waals surface area contributed by atoms with Gasteiger partial charge in [0.2, 0.25) is 5.91 Å². The van der Waals surface area contributed by atoms with Gasteiger partial charge in [-0.05, 0) is 43.9 Å². The summed E-state index contributed by atoms with van der Waals surface area (Å²) in [6.45, 7) is 0.589. The molecule has 1 aromatic rings. The number of halogens is 2. The highest BCUT2D eigenvalue weighted by molar-refractivity contribution is 6.35. The van der Waals surface area contributed by atoms with Crippen LogP contribution >= 0.6 is 23.2 Å². The highest BCUT2D eigenvalue weighted by atomic mass is 35.5. The van der Waals surface area contributed by atoms with Crippen LogP contribution in [0.15, 0.2) is 18.2 Å². The Balaban J connectivity index is 1.77. The summed E-state index contributed by atoms with van der Waals surface area (Å²) in [5, 5.41) is 3.81. The molecule has 0 aromatic heterocycles. The number of rotatable bonds is 3. The summed E-state index contributed by atoms with van der Waals surface area (Å²) in [6, 6.07) is 4.68. The molecule has 1 saturated carbocycles. The van der Waals surface area contributed by atoms with Gasteiger partial charge in [-0.2, -0.15) is 0 Å². The van der Waals surface area contributed by atoms with E-state index in [1.54, 1.807) is 23.1 Å². The van der Waals surface area contributed by atoms with E-state index in [1.807, 2.05) is 0 Å². The monoisotopic (exact) mass is 326 g/mol. The van der Waals surface area contributed by atoms with Crippen molar-refractivity contribution in [2.24, 2.45) is 0 Å². The summed E-state index contributed by atoms with van der Waals surface area (Å²) in [4.78, 5) is 26.4. The van der Waals surface area contributed by atoms with Crippen molar-refractivity contribution in [1.82, 2.24) is 10.2 Å². The van der Waals surface area contributed by atoms with Crippen molar-refractivity contribution in [3.8, 4) is 0 Å². The van der Waals surface area contributed by atoms with Gasteiger partial charge < -0.3 is 10.2 Å². The Labute approximate surface area is 133 Å². The maximum absolute atomic E-state index is 12.6. The molecule has 1 aliphatic heterocycles. The highest BCUT2D eigenvalue weighted by Gasteiger charge is 2.36. The molecule has 1 atom stereocenters. The summed E-state index contributed by atoms with van der Waals surface area (Å²) in [5.74, 6) is -0.232. The molecule has 0 bridgehead atoms. The van der Waals surface area contributed by atoms with E-state index < -0.39 is 0 Å². The SMILES string of the molecule is O=C(NC1CC1)[C@@H]1CCCN1C(=O)c1cc(Cl)cc(Cl)c1. The molecule has 1 heterocycles. The number of nitrogens with zero attached hydrogens (tertiary/aromatic N) is 1. The van der Waals surface area contributed by atoms with Gasteiger partial charge in [0.25, 0.3) is 5.91 Å². The third-order valence-corrected chi connectivity index (χ3v) is 4.29. The number of amides is 2. The molecule has 2 aliphatic rings. The molecule has 6 heteroatoms. The lowest BCUT2D eigenvalue weighted by molar-refractivity contribution is -0.125. The predicted octanol–water partition coefficient (Wildman–Crippen LogP) is 2.88. The summed E-state index contributed by atoms with van der Waals surface area (Å²) in [7, 11) is 0. The van der Waals surface area contributed by atoms with Gasteiger partial charge in [-0.15, -0.1) is 0 Å². The van der Waals surface area contributed by atoms with Crippen LogP contribution in [0.25, 0.3) is 0 Å². The normalized spacial score (nSPS) is 21.4. The molecule has 1 aromatic carbocycles. The fourth-order valence-corrected chi connectivity index (χ4v) is 3.18. The maximum Gasteiger partial charge on any atom is 0.254 e. The first-order valence-electron chi connectivity index (χ1n) is 7.12. The van der Waals surface area contributed by atoms with E-state index in [-0.39, 0.29) is 17.9 Å². The molecule has 3 rings (SSSR count). The quantitative estimate of drug-likeness (QED) is 0.928. The number of carbonyl (C=O) groups is 2. The molecule has 112 valence electrons. The fourth-order valence-electron chi connectivity index (χ4n) is 2.65. The molecule has 1 saturated heterocycles. The first-order chi connectivity index (χ1) is 10.0. The number of likely N-dealkylation sites (tertiary alicyclic amines) is 1. The number of hydrogen-bond donors (Lipinski definition) is 1. The van der Waals surface area contributed by atoms with Gasteiger partial charge in [-0.3, -0.25) is 9.59 Å². The molecule has 0 radical (unpaired) electrons. The van der Waals surface area contributed by atoms with Crippen molar-refractivity contribution >= 4 is 35.0 Å². The number of nitrogens with one attached hydrogen (secondary N) is 1. The van der Waals surface area contributed by atoms with Crippen LogP contribution < -0.4 is 5.32 Å². The van der Waals surface area contributed by atoms with Crippen LogP contribution in [0.2, 0.25) is 10.0 Å². The molecule has 0 spiro atoms. The van der Waals surface area contributed by atoms with Gasteiger partial charge in [0, 0.05) is 28.2 Å². The van der Waals surface area contributed by atoms with Crippen LogP contribution in [-0.4, -0.2) is 35.3 Å². The lowest BCUT2D eigenvalue weighted by Gasteiger charge is -2.24. The number of carbonyl (C=O) groups excluding carboxylic acids is 2. The van der Waals surface area contributed by atoms with E-state index in [4.69, 9.17) is 23.2 Å². The number of hydrogen-bond acceptors (Lipinski definition) is 2. The third-order valence-electron chi connectivity index (χ3n) is 3.85. The van der Waals surface area contributed by atoms with Gasteiger partial charge in [0.1, 0.15) is 6.04 Å². The Kier molecular flexibility index (Phi) is 4.09. The van der Waals surface area contributed by atoms with Crippen LogP contribution in [0.1, 0.15) is 36.0 Å². The van der Waals surface area contributed by atoms with Crippen molar-refractivity contribution in [2.45, 2.75) is 37.8 Å². The van der Waals surface area contributed by atoms with E-state index in [1.165, 1.54) is 0 Å². The van der Waals surface area contributed by atoms with Crippen molar-refractivity contribution in [1.29, 1.82) is 0 Å². The molecule has 0 unspecified atom stereocenters. The standard InChI is InChI=1S/C15H16Cl2N2O2/c16-10-6-9(7-11(17)8-10)15(21)19-5-1-2-13(19)14(20)18-12-3-4-12/h6-8,12-13H,1-5H2,(H,18,20)/t13-/m0/s1. The van der Waals surface area contributed by atoms with Crippen molar-refractivity contribution < 1.29 is 9.59 Å². The minimum absolute atomic E-state index is 0.0449. The second-order valence-electron chi connectivity index (χ2n) is 5.60. The Morgan fingerprint density at radius 3 is 2.38 bits per heavy atom. The maximum atomic E-state index is 12.6. The van der Waals surface area contributed by atoms with Crippen molar-refractivity contribution in [2.75, 3.05) is 6.54 Å². The summed E-state index contributed by atoms with van der Waals surface area (Å²) < 4.78 is 0. The van der Waals surface area contributed by atoms with Crippen LogP contribution in [0.3, 0.4) is 0 Å². The van der Waals surface area contributed by atoms with E-state index in [2.05, 4.69) is 5.32 Å². The van der Waals surface area contributed by atoms with E-state index in [0.717, 1.165) is 19.3 Å². The minimum Gasteiger partial charge on any atom is -0.352 e. The zero-order valence-corrected chi connectivity index (χ0v) is 13.0. The van der Waals surface area contributed by atoms with Gasteiger partial charge in [-0.25, -0.2) is 0 Å². The van der Waals surface area contributed by atoms with E-state index >= 15 is 0 Å². The Morgan fingerprint density at radius 2 is 1.76 bits per heavy atom. The average molecular weight is 327 g/mol. The zero-order chi connectivity index (χ0) is 15.0. The van der Waals surface area contributed by atoms with Crippen LogP contribution in [0.5, 0.6) is 0 Å². The predicted molar refractivity (Wildman–Crippen MR) is 81.7 cm³/mol. The molecule has 2 amide bonds. The van der Waals surface area contributed by atoms with E-state index in [0.29, 0.717) is 34.6 Å². The topological polar surface area (TPSA) is 49.4 Å². The zero-order valence-electron chi connectivity index (χ0n) is 11.4. The van der Waals surface area contributed by atoms with Gasteiger partial charge in [-0.1, -0.05) is 23.2 Å². The first kappa shape index (κ1) is 14.7. The van der Waals surface area contributed by atoms with Crippen LogP contribution in [0, 0.1) is 0 Å². The minimum atomic E-state index is -0.379. The largest absolute Gasteiger partial charge is 0.352 e. The first-order valence-corrected chi connectivity index (χ1v) is 7.87. The lowest BCUT2D eigenvalue weighted by Crippen LogP contribution is -2.46. The summed E-state index contributed by atoms with van der Waals surface area (Å²) in [5.41, 5.74) is 0.429. The Hall–Kier alpha value is -1.26. The third kappa shape index (κ3) is 3.33. The van der Waals surface area contributed by atoms with Gasteiger partial charge in [0.05, 0.1) is 0 Å². The van der Waals surface area contributed by atoms with Gasteiger partial charge >= 0.3 is 0 Å². The average Bonchev–Trinajstić information content (AvgIpc) is 3.09. The molecule has 21 heavy (non-hydrogen) atoms. The molecular weight excluding hydrogens is 311 g/mol. The molecule has 2 fully saturated rings. The lowest BCUT2D eigenvalue weighted by atomic mass is 10.1. The van der Waals surface area contributed by atoms with Crippen molar-refractivity contribution in [3.63, 3.8) is 0 Å². The molecule has 1 aliphatic carbocycles. The highest BCUT2D eigenvalue weighted by Crippen LogP contribution is 2.26. The second-order valence-corrected chi connectivity index (χ2v) is 6.47.